The largest absolute Gasteiger partial charge is 0.505 e. The lowest BCUT2D eigenvalue weighted by molar-refractivity contribution is 0.454. The van der Waals surface area contributed by atoms with Crippen LogP contribution in [0.4, 0.5) is 0 Å². The SMILES string of the molecule is CC(C)(C)[S@@](=O)c1ncccc1O. The number of rotatable bonds is 1. The Bertz CT molecular complexity index is 331. The lowest BCUT2D eigenvalue weighted by Gasteiger charge is -2.17. The van der Waals surface area contributed by atoms with E-state index in [-0.39, 0.29) is 10.8 Å². The Morgan fingerprint density at radius 3 is 2.54 bits per heavy atom. The highest BCUT2D eigenvalue weighted by Crippen LogP contribution is 2.24. The van der Waals surface area contributed by atoms with Gasteiger partial charge in [0.05, 0.1) is 10.8 Å². The van der Waals surface area contributed by atoms with Crippen molar-refractivity contribution in [1.82, 2.24) is 4.98 Å². The molecular formula is C9H13NO2S. The van der Waals surface area contributed by atoms with Gasteiger partial charge < -0.3 is 5.11 Å². The van der Waals surface area contributed by atoms with E-state index in [1.807, 2.05) is 20.8 Å². The van der Waals surface area contributed by atoms with Crippen LogP contribution in [0.15, 0.2) is 23.4 Å². The summed E-state index contributed by atoms with van der Waals surface area (Å²) >= 11 is 0. The number of hydrogen-bond donors (Lipinski definition) is 1. The Kier molecular flexibility index (Phi) is 2.71. The first-order valence-electron chi connectivity index (χ1n) is 3.99. The molecule has 0 aliphatic heterocycles. The molecule has 0 fully saturated rings. The van der Waals surface area contributed by atoms with Gasteiger partial charge in [0.2, 0.25) is 0 Å². The molecule has 72 valence electrons. The summed E-state index contributed by atoms with van der Waals surface area (Å²) in [5.74, 6) is -0.00393. The van der Waals surface area contributed by atoms with E-state index >= 15 is 0 Å². The molecule has 1 N–H and O–H groups in total. The first kappa shape index (κ1) is 10.2. The van der Waals surface area contributed by atoms with Crippen LogP contribution in [-0.4, -0.2) is 19.0 Å². The molecule has 13 heavy (non-hydrogen) atoms. The zero-order valence-electron chi connectivity index (χ0n) is 7.94. The van der Waals surface area contributed by atoms with Crippen molar-refractivity contribution in [3.8, 4) is 5.75 Å². The van der Waals surface area contributed by atoms with Crippen molar-refractivity contribution in [3.63, 3.8) is 0 Å². The van der Waals surface area contributed by atoms with Crippen molar-refractivity contribution in [3.05, 3.63) is 18.3 Å². The summed E-state index contributed by atoms with van der Waals surface area (Å²) < 4.78 is 11.4. The Labute approximate surface area is 80.3 Å². The molecule has 0 bridgehead atoms. The van der Waals surface area contributed by atoms with Crippen molar-refractivity contribution in [2.75, 3.05) is 0 Å². The fourth-order valence-corrected chi connectivity index (χ4v) is 1.81. The van der Waals surface area contributed by atoms with Gasteiger partial charge in [-0.1, -0.05) is 0 Å². The molecule has 0 radical (unpaired) electrons. The summed E-state index contributed by atoms with van der Waals surface area (Å²) in [5, 5.41) is 9.65. The summed E-state index contributed by atoms with van der Waals surface area (Å²) in [6, 6.07) is 3.10. The minimum Gasteiger partial charge on any atom is -0.505 e. The molecule has 1 atom stereocenters. The fourth-order valence-electron chi connectivity index (χ4n) is 0.815. The Hall–Kier alpha value is -0.900. The molecule has 3 nitrogen and oxygen atoms in total. The molecule has 1 heterocycles. The van der Waals surface area contributed by atoms with Crippen LogP contribution in [0, 0.1) is 0 Å². The van der Waals surface area contributed by atoms with E-state index in [1.54, 1.807) is 6.07 Å². The van der Waals surface area contributed by atoms with Crippen LogP contribution in [-0.2, 0) is 10.8 Å². The van der Waals surface area contributed by atoms with Crippen molar-refractivity contribution >= 4 is 10.8 Å². The first-order chi connectivity index (χ1) is 5.93. The molecule has 0 saturated heterocycles. The van der Waals surface area contributed by atoms with Crippen LogP contribution >= 0.6 is 0 Å². The van der Waals surface area contributed by atoms with E-state index in [1.165, 1.54) is 12.3 Å². The van der Waals surface area contributed by atoms with Gasteiger partial charge in [0.25, 0.3) is 0 Å². The highest BCUT2D eigenvalue weighted by Gasteiger charge is 2.24. The predicted octanol–water partition coefficient (Wildman–Crippen LogP) is 1.69. The van der Waals surface area contributed by atoms with Gasteiger partial charge in [-0.15, -0.1) is 0 Å². The quantitative estimate of drug-likeness (QED) is 0.748. The molecule has 0 saturated carbocycles. The van der Waals surface area contributed by atoms with Crippen LogP contribution < -0.4 is 0 Å². The molecule has 4 heteroatoms. The zero-order chi connectivity index (χ0) is 10.1. The van der Waals surface area contributed by atoms with Crippen molar-refractivity contribution in [2.24, 2.45) is 0 Å². The Morgan fingerprint density at radius 1 is 1.46 bits per heavy atom. The zero-order valence-corrected chi connectivity index (χ0v) is 8.76. The molecule has 0 amide bonds. The average molecular weight is 199 g/mol. The fraction of sp³-hybridized carbons (Fsp3) is 0.444. The number of aromatic hydroxyl groups is 1. The topological polar surface area (TPSA) is 50.2 Å². The van der Waals surface area contributed by atoms with Gasteiger partial charge in [-0.05, 0) is 32.9 Å². The van der Waals surface area contributed by atoms with Crippen LogP contribution in [0.2, 0.25) is 0 Å². The molecule has 0 unspecified atom stereocenters. The molecule has 1 rings (SSSR count). The van der Waals surface area contributed by atoms with Gasteiger partial charge >= 0.3 is 0 Å². The molecule has 0 aliphatic rings. The molecule has 1 aromatic heterocycles. The van der Waals surface area contributed by atoms with Gasteiger partial charge in [-0.2, -0.15) is 0 Å². The second-order valence-corrected chi connectivity index (χ2v) is 5.86. The standard InChI is InChI=1S/C9H13NO2S/c1-9(2,3)13(12)8-7(11)5-4-6-10-8/h4-6,11H,1-3H3/t13-/m0/s1. The molecule has 0 aromatic carbocycles. The maximum Gasteiger partial charge on any atom is 0.169 e. The second-order valence-electron chi connectivity index (χ2n) is 3.71. The van der Waals surface area contributed by atoms with Crippen LogP contribution in [0.25, 0.3) is 0 Å². The van der Waals surface area contributed by atoms with Gasteiger partial charge in [0, 0.05) is 10.9 Å². The average Bonchev–Trinajstić information content (AvgIpc) is 2.02. The summed E-state index contributed by atoms with van der Waals surface area (Å²) in [7, 11) is -1.27. The third kappa shape index (κ3) is 2.28. The van der Waals surface area contributed by atoms with Crippen molar-refractivity contribution in [2.45, 2.75) is 30.5 Å². The van der Waals surface area contributed by atoms with Crippen LogP contribution in [0.5, 0.6) is 5.75 Å². The Morgan fingerprint density at radius 2 is 2.08 bits per heavy atom. The van der Waals surface area contributed by atoms with E-state index < -0.39 is 15.5 Å². The Balaban J connectivity index is 3.10. The predicted molar refractivity (Wildman–Crippen MR) is 52.1 cm³/mol. The van der Waals surface area contributed by atoms with Crippen LogP contribution in [0.1, 0.15) is 20.8 Å². The van der Waals surface area contributed by atoms with Crippen molar-refractivity contribution < 1.29 is 9.32 Å². The minimum absolute atomic E-state index is 0.00393. The normalized spacial score (nSPS) is 14.1. The van der Waals surface area contributed by atoms with E-state index in [0.29, 0.717) is 0 Å². The number of aromatic nitrogens is 1. The summed E-state index contributed by atoms with van der Waals surface area (Å²) in [4.78, 5) is 3.89. The highest BCUT2D eigenvalue weighted by molar-refractivity contribution is 7.86. The lowest BCUT2D eigenvalue weighted by atomic mass is 10.3. The van der Waals surface area contributed by atoms with E-state index in [2.05, 4.69) is 4.98 Å². The van der Waals surface area contributed by atoms with Gasteiger partial charge in [0.15, 0.2) is 5.03 Å². The van der Waals surface area contributed by atoms with Gasteiger partial charge in [-0.3, -0.25) is 4.21 Å². The van der Waals surface area contributed by atoms with E-state index in [0.717, 1.165) is 0 Å². The molecular weight excluding hydrogens is 186 g/mol. The van der Waals surface area contributed by atoms with E-state index in [9.17, 15) is 9.32 Å². The van der Waals surface area contributed by atoms with E-state index in [4.69, 9.17) is 0 Å². The summed E-state index contributed by atoms with van der Waals surface area (Å²) in [6.07, 6.45) is 1.53. The monoisotopic (exact) mass is 199 g/mol. The molecule has 1 aromatic rings. The van der Waals surface area contributed by atoms with Gasteiger partial charge in [-0.25, -0.2) is 4.98 Å². The summed E-state index contributed by atoms with van der Waals surface area (Å²) in [5.41, 5.74) is 0. The third-order valence-electron chi connectivity index (χ3n) is 1.48. The number of pyridine rings is 1. The number of nitrogens with zero attached hydrogens (tertiary/aromatic N) is 1. The van der Waals surface area contributed by atoms with Crippen molar-refractivity contribution in [1.29, 1.82) is 0 Å². The molecule has 0 spiro atoms. The maximum absolute atomic E-state index is 11.8. The third-order valence-corrected chi connectivity index (χ3v) is 3.26. The molecule has 0 aliphatic carbocycles. The smallest absolute Gasteiger partial charge is 0.169 e. The number of hydrogen-bond acceptors (Lipinski definition) is 3. The lowest BCUT2D eigenvalue weighted by Crippen LogP contribution is -2.22. The van der Waals surface area contributed by atoms with Gasteiger partial charge in [0.1, 0.15) is 5.75 Å². The highest BCUT2D eigenvalue weighted by atomic mass is 32.2. The van der Waals surface area contributed by atoms with Crippen LogP contribution in [0.3, 0.4) is 0 Å². The second kappa shape index (κ2) is 3.46. The minimum atomic E-state index is -1.27. The maximum atomic E-state index is 11.8. The summed E-state index contributed by atoms with van der Waals surface area (Å²) in [6.45, 7) is 5.53. The first-order valence-corrected chi connectivity index (χ1v) is 5.14.